The summed E-state index contributed by atoms with van der Waals surface area (Å²) >= 11 is 0. The first-order chi connectivity index (χ1) is 6.50. The van der Waals surface area contributed by atoms with Crippen LogP contribution in [-0.2, 0) is 0 Å². The first-order valence-corrected chi connectivity index (χ1v) is 4.04. The van der Waals surface area contributed by atoms with Crippen LogP contribution < -0.4 is 10.5 Å². The Bertz CT molecular complexity index is 316. The van der Waals surface area contributed by atoms with E-state index in [1.165, 1.54) is 12.1 Å². The van der Waals surface area contributed by atoms with Crippen LogP contribution in [-0.4, -0.2) is 11.7 Å². The molecule has 0 radical (unpaired) electrons. The molecule has 0 fully saturated rings. The number of aromatic hydroxyl groups is 1. The zero-order valence-electron chi connectivity index (χ0n) is 7.58. The highest BCUT2D eigenvalue weighted by molar-refractivity contribution is 5.41. The van der Waals surface area contributed by atoms with Gasteiger partial charge in [0.25, 0.3) is 0 Å². The minimum Gasteiger partial charge on any atom is -0.507 e. The largest absolute Gasteiger partial charge is 0.507 e. The number of halogens is 2. The molecule has 0 spiro atoms. The maximum absolute atomic E-state index is 11.8. The van der Waals surface area contributed by atoms with Gasteiger partial charge in [-0.25, -0.2) is 0 Å². The number of nitrogens with two attached hydrogens (primary N) is 1. The second-order valence-corrected chi connectivity index (χ2v) is 2.89. The molecule has 1 atom stereocenters. The second-order valence-electron chi connectivity index (χ2n) is 2.89. The van der Waals surface area contributed by atoms with E-state index in [1.807, 2.05) is 0 Å². The lowest BCUT2D eigenvalue weighted by atomic mass is 10.1. The van der Waals surface area contributed by atoms with Crippen LogP contribution in [0.15, 0.2) is 18.2 Å². The van der Waals surface area contributed by atoms with Crippen LogP contribution in [0, 0.1) is 0 Å². The number of phenols is 1. The minimum absolute atomic E-state index is 0.0816. The molecule has 0 aliphatic heterocycles. The molecule has 0 saturated carbocycles. The third-order valence-corrected chi connectivity index (χ3v) is 1.72. The van der Waals surface area contributed by atoms with Crippen molar-refractivity contribution in [3.05, 3.63) is 23.8 Å². The van der Waals surface area contributed by atoms with E-state index in [1.54, 1.807) is 6.92 Å². The SMILES string of the molecule is C[C@@H](N)c1ccc(OC(F)F)cc1O. The van der Waals surface area contributed by atoms with E-state index in [0.29, 0.717) is 5.56 Å². The highest BCUT2D eigenvalue weighted by Gasteiger charge is 2.09. The number of phenolic OH excluding ortho intramolecular Hbond substituents is 1. The normalized spacial score (nSPS) is 12.9. The van der Waals surface area contributed by atoms with Gasteiger partial charge in [0.15, 0.2) is 0 Å². The molecule has 3 N–H and O–H groups in total. The van der Waals surface area contributed by atoms with Crippen LogP contribution in [0.25, 0.3) is 0 Å². The van der Waals surface area contributed by atoms with E-state index in [4.69, 9.17) is 5.73 Å². The van der Waals surface area contributed by atoms with Crippen molar-refractivity contribution < 1.29 is 18.6 Å². The first-order valence-electron chi connectivity index (χ1n) is 4.04. The molecule has 0 heterocycles. The summed E-state index contributed by atoms with van der Waals surface area (Å²) in [4.78, 5) is 0. The Morgan fingerprint density at radius 1 is 1.43 bits per heavy atom. The quantitative estimate of drug-likeness (QED) is 0.790. The Morgan fingerprint density at radius 2 is 2.07 bits per heavy atom. The number of ether oxygens (including phenoxy) is 1. The fourth-order valence-corrected chi connectivity index (χ4v) is 1.08. The Labute approximate surface area is 80.1 Å². The zero-order valence-corrected chi connectivity index (χ0v) is 7.58. The molecule has 3 nitrogen and oxygen atoms in total. The highest BCUT2D eigenvalue weighted by atomic mass is 19.3. The molecule has 0 amide bonds. The topological polar surface area (TPSA) is 55.5 Å². The third kappa shape index (κ3) is 2.56. The number of hydrogen-bond acceptors (Lipinski definition) is 3. The van der Waals surface area contributed by atoms with Gasteiger partial charge < -0.3 is 15.6 Å². The summed E-state index contributed by atoms with van der Waals surface area (Å²) in [6.07, 6.45) is 0. The van der Waals surface area contributed by atoms with E-state index in [2.05, 4.69) is 4.74 Å². The molecular formula is C9H11F2NO2. The molecule has 0 aliphatic rings. The van der Waals surface area contributed by atoms with Crippen molar-refractivity contribution in [1.82, 2.24) is 0 Å². The highest BCUT2D eigenvalue weighted by Crippen LogP contribution is 2.27. The van der Waals surface area contributed by atoms with Crippen LogP contribution in [0.1, 0.15) is 18.5 Å². The Kier molecular flexibility index (Phi) is 3.24. The van der Waals surface area contributed by atoms with Gasteiger partial charge in [0, 0.05) is 17.7 Å². The third-order valence-electron chi connectivity index (χ3n) is 1.72. The molecule has 1 aromatic rings. The molecule has 5 heteroatoms. The smallest absolute Gasteiger partial charge is 0.387 e. The van der Waals surface area contributed by atoms with E-state index >= 15 is 0 Å². The predicted molar refractivity (Wildman–Crippen MR) is 47.3 cm³/mol. The molecule has 0 unspecified atom stereocenters. The fraction of sp³-hybridized carbons (Fsp3) is 0.333. The summed E-state index contributed by atoms with van der Waals surface area (Å²) in [6, 6.07) is 3.56. The van der Waals surface area contributed by atoms with E-state index < -0.39 is 6.61 Å². The number of alkyl halides is 2. The van der Waals surface area contributed by atoms with Crippen molar-refractivity contribution >= 4 is 0 Å². The summed E-state index contributed by atoms with van der Waals surface area (Å²) in [7, 11) is 0. The van der Waals surface area contributed by atoms with Crippen LogP contribution in [0.5, 0.6) is 11.5 Å². The van der Waals surface area contributed by atoms with Gasteiger partial charge in [-0.1, -0.05) is 6.07 Å². The molecule has 78 valence electrons. The molecule has 1 aromatic carbocycles. The van der Waals surface area contributed by atoms with Crippen LogP contribution in [0.4, 0.5) is 8.78 Å². The lowest BCUT2D eigenvalue weighted by molar-refractivity contribution is -0.0499. The summed E-state index contributed by atoms with van der Waals surface area (Å²) in [5.74, 6) is -0.222. The Balaban J connectivity index is 2.89. The lowest BCUT2D eigenvalue weighted by Crippen LogP contribution is -2.06. The molecule has 0 aliphatic carbocycles. The maximum atomic E-state index is 11.8. The van der Waals surface area contributed by atoms with Crippen molar-refractivity contribution in [2.24, 2.45) is 5.73 Å². The molecule has 1 rings (SSSR count). The number of rotatable bonds is 3. The standard InChI is InChI=1S/C9H11F2NO2/c1-5(12)7-3-2-6(4-8(7)13)14-9(10)11/h2-5,9,13H,12H2,1H3/t5-/m1/s1. The van der Waals surface area contributed by atoms with Crippen molar-refractivity contribution in [1.29, 1.82) is 0 Å². The van der Waals surface area contributed by atoms with Crippen molar-refractivity contribution in [2.45, 2.75) is 19.6 Å². The van der Waals surface area contributed by atoms with Gasteiger partial charge in [0.1, 0.15) is 11.5 Å². The van der Waals surface area contributed by atoms with E-state index in [-0.39, 0.29) is 17.5 Å². The summed E-state index contributed by atoms with van der Waals surface area (Å²) in [5, 5.41) is 9.37. The van der Waals surface area contributed by atoms with Crippen molar-refractivity contribution in [2.75, 3.05) is 0 Å². The average molecular weight is 203 g/mol. The lowest BCUT2D eigenvalue weighted by Gasteiger charge is -2.10. The first kappa shape index (κ1) is 10.7. The fourth-order valence-electron chi connectivity index (χ4n) is 1.08. The zero-order chi connectivity index (χ0) is 10.7. The number of benzene rings is 1. The predicted octanol–water partition coefficient (Wildman–Crippen LogP) is 2.01. The average Bonchev–Trinajstić information content (AvgIpc) is 2.01. The van der Waals surface area contributed by atoms with Gasteiger partial charge in [-0.05, 0) is 13.0 Å². The van der Waals surface area contributed by atoms with Crippen LogP contribution in [0.2, 0.25) is 0 Å². The van der Waals surface area contributed by atoms with E-state index in [9.17, 15) is 13.9 Å². The second kappa shape index (κ2) is 4.23. The van der Waals surface area contributed by atoms with Crippen LogP contribution >= 0.6 is 0 Å². The van der Waals surface area contributed by atoms with Gasteiger partial charge in [-0.2, -0.15) is 8.78 Å². The molecule has 14 heavy (non-hydrogen) atoms. The van der Waals surface area contributed by atoms with Gasteiger partial charge in [0.05, 0.1) is 0 Å². The van der Waals surface area contributed by atoms with Gasteiger partial charge in [-0.15, -0.1) is 0 Å². The molecular weight excluding hydrogens is 192 g/mol. The van der Waals surface area contributed by atoms with Crippen molar-refractivity contribution in [3.8, 4) is 11.5 Å². The number of hydrogen-bond donors (Lipinski definition) is 2. The Morgan fingerprint density at radius 3 is 2.50 bits per heavy atom. The molecule has 0 aromatic heterocycles. The van der Waals surface area contributed by atoms with E-state index in [0.717, 1.165) is 6.07 Å². The van der Waals surface area contributed by atoms with Gasteiger partial charge in [-0.3, -0.25) is 0 Å². The molecule has 0 bridgehead atoms. The summed E-state index contributed by atoms with van der Waals surface area (Å²) < 4.78 is 27.7. The maximum Gasteiger partial charge on any atom is 0.387 e. The van der Waals surface area contributed by atoms with Crippen molar-refractivity contribution in [3.63, 3.8) is 0 Å². The van der Waals surface area contributed by atoms with Crippen LogP contribution in [0.3, 0.4) is 0 Å². The van der Waals surface area contributed by atoms with Gasteiger partial charge in [0.2, 0.25) is 0 Å². The van der Waals surface area contributed by atoms with Gasteiger partial charge >= 0.3 is 6.61 Å². The Hall–Kier alpha value is -1.36. The molecule has 0 saturated heterocycles. The summed E-state index contributed by atoms with van der Waals surface area (Å²) in [6.45, 7) is -1.21. The minimum atomic E-state index is -2.89. The summed E-state index contributed by atoms with van der Waals surface area (Å²) in [5.41, 5.74) is 6.01. The monoisotopic (exact) mass is 203 g/mol.